The number of rotatable bonds is 6. The predicted octanol–water partition coefficient (Wildman–Crippen LogP) is -0.0956. The smallest absolute Gasteiger partial charge is 0.236 e. The van der Waals surface area contributed by atoms with Gasteiger partial charge < -0.3 is 15.4 Å². The molecule has 17 heavy (non-hydrogen) atoms. The van der Waals surface area contributed by atoms with E-state index in [1.54, 1.807) is 12.0 Å². The average Bonchev–Trinajstić information content (AvgIpc) is 2.36. The Morgan fingerprint density at radius 3 is 2.65 bits per heavy atom. The molecule has 0 unspecified atom stereocenters. The number of nitrogens with two attached hydrogens (primary N) is 1. The molecule has 1 heterocycles. The van der Waals surface area contributed by atoms with Gasteiger partial charge in [-0.1, -0.05) is 0 Å². The van der Waals surface area contributed by atoms with E-state index in [1.807, 2.05) is 7.05 Å². The van der Waals surface area contributed by atoms with Crippen molar-refractivity contribution in [3.05, 3.63) is 0 Å². The first-order chi connectivity index (χ1) is 8.17. The summed E-state index contributed by atoms with van der Waals surface area (Å²) in [6.45, 7) is 3.82. The number of carbonyl (C=O) groups is 1. The Balaban J connectivity index is 2.22. The van der Waals surface area contributed by atoms with Crippen LogP contribution in [0.25, 0.3) is 0 Å². The Bertz CT molecular complexity index is 228. The number of piperidine rings is 1. The summed E-state index contributed by atoms with van der Waals surface area (Å²) in [5.74, 6) is 0.189. The highest BCUT2D eigenvalue weighted by molar-refractivity contribution is 5.77. The Labute approximate surface area is 104 Å². The molecule has 1 rings (SSSR count). The highest BCUT2D eigenvalue weighted by Gasteiger charge is 2.21. The second-order valence-corrected chi connectivity index (χ2v) is 4.67. The molecule has 0 aromatic carbocycles. The zero-order chi connectivity index (χ0) is 12.7. The first-order valence-electron chi connectivity index (χ1n) is 6.36. The summed E-state index contributed by atoms with van der Waals surface area (Å²) < 4.78 is 5.31. The lowest BCUT2D eigenvalue weighted by molar-refractivity contribution is -0.131. The molecule has 0 aromatic heterocycles. The number of nitrogens with zero attached hydrogens (tertiary/aromatic N) is 2. The first-order valence-corrected chi connectivity index (χ1v) is 6.36. The molecular weight excluding hydrogens is 218 g/mol. The van der Waals surface area contributed by atoms with Crippen LogP contribution in [0.1, 0.15) is 19.3 Å². The van der Waals surface area contributed by atoms with Crippen LogP contribution in [0.3, 0.4) is 0 Å². The molecule has 0 radical (unpaired) electrons. The summed E-state index contributed by atoms with van der Waals surface area (Å²) in [6.07, 6.45) is 3.29. The third-order valence-corrected chi connectivity index (χ3v) is 3.35. The predicted molar refractivity (Wildman–Crippen MR) is 67.8 cm³/mol. The van der Waals surface area contributed by atoms with Crippen LogP contribution in [0.2, 0.25) is 0 Å². The Morgan fingerprint density at radius 2 is 2.12 bits per heavy atom. The number of amides is 1. The summed E-state index contributed by atoms with van der Waals surface area (Å²) in [5.41, 5.74) is 5.43. The Morgan fingerprint density at radius 1 is 1.47 bits per heavy atom. The largest absolute Gasteiger partial charge is 0.381 e. The molecule has 1 aliphatic rings. The normalized spacial score (nSPS) is 18.3. The van der Waals surface area contributed by atoms with Crippen LogP contribution in [-0.4, -0.2) is 68.7 Å². The summed E-state index contributed by atoms with van der Waals surface area (Å²) >= 11 is 0. The molecule has 0 saturated carbocycles. The number of carbonyl (C=O) groups excluding carboxylic acids is 1. The molecule has 1 saturated heterocycles. The number of ether oxygens (including phenoxy) is 1. The lowest BCUT2D eigenvalue weighted by atomic mass is 10.1. The van der Waals surface area contributed by atoms with Gasteiger partial charge in [-0.15, -0.1) is 0 Å². The van der Waals surface area contributed by atoms with Gasteiger partial charge in [0.2, 0.25) is 5.91 Å². The van der Waals surface area contributed by atoms with E-state index in [9.17, 15) is 4.79 Å². The fourth-order valence-electron chi connectivity index (χ4n) is 2.07. The van der Waals surface area contributed by atoms with Crippen LogP contribution in [0.5, 0.6) is 0 Å². The minimum atomic E-state index is 0.189. The lowest BCUT2D eigenvalue weighted by Crippen LogP contribution is -2.43. The van der Waals surface area contributed by atoms with Crippen molar-refractivity contribution in [3.8, 4) is 0 Å². The topological polar surface area (TPSA) is 58.8 Å². The number of hydrogen-bond acceptors (Lipinski definition) is 4. The van der Waals surface area contributed by atoms with E-state index in [0.29, 0.717) is 19.2 Å². The third-order valence-electron chi connectivity index (χ3n) is 3.35. The fraction of sp³-hybridized carbons (Fsp3) is 0.917. The molecule has 0 aromatic rings. The van der Waals surface area contributed by atoms with E-state index in [-0.39, 0.29) is 5.91 Å². The molecule has 100 valence electrons. The van der Waals surface area contributed by atoms with Gasteiger partial charge in [-0.25, -0.2) is 0 Å². The Hall–Kier alpha value is -0.650. The SMILES string of the molecule is COC1CCN(CC(=O)N(C)CCCN)CC1. The zero-order valence-electron chi connectivity index (χ0n) is 11.0. The van der Waals surface area contributed by atoms with Crippen LogP contribution >= 0.6 is 0 Å². The van der Waals surface area contributed by atoms with E-state index in [1.165, 1.54) is 0 Å². The van der Waals surface area contributed by atoms with Crippen molar-refractivity contribution in [1.82, 2.24) is 9.80 Å². The van der Waals surface area contributed by atoms with Gasteiger partial charge in [0.25, 0.3) is 0 Å². The third kappa shape index (κ3) is 5.02. The van der Waals surface area contributed by atoms with Crippen LogP contribution < -0.4 is 5.73 Å². The van der Waals surface area contributed by atoms with Crippen molar-refractivity contribution in [3.63, 3.8) is 0 Å². The van der Waals surface area contributed by atoms with Gasteiger partial charge in [0.05, 0.1) is 12.6 Å². The van der Waals surface area contributed by atoms with Crippen molar-refractivity contribution >= 4 is 5.91 Å². The van der Waals surface area contributed by atoms with E-state index < -0.39 is 0 Å². The average molecular weight is 243 g/mol. The van der Waals surface area contributed by atoms with Crippen molar-refractivity contribution in [2.24, 2.45) is 5.73 Å². The molecule has 0 aliphatic carbocycles. The van der Waals surface area contributed by atoms with Gasteiger partial charge in [-0.2, -0.15) is 0 Å². The maximum atomic E-state index is 11.9. The molecular formula is C12H25N3O2. The lowest BCUT2D eigenvalue weighted by Gasteiger charge is -2.31. The van der Waals surface area contributed by atoms with Crippen LogP contribution in [0.15, 0.2) is 0 Å². The van der Waals surface area contributed by atoms with Gasteiger partial charge >= 0.3 is 0 Å². The van der Waals surface area contributed by atoms with E-state index in [4.69, 9.17) is 10.5 Å². The van der Waals surface area contributed by atoms with Gasteiger partial charge in [0, 0.05) is 33.8 Å². The molecule has 1 aliphatic heterocycles. The quantitative estimate of drug-likeness (QED) is 0.708. The van der Waals surface area contributed by atoms with E-state index in [2.05, 4.69) is 4.90 Å². The number of hydrogen-bond donors (Lipinski definition) is 1. The highest BCUT2D eigenvalue weighted by Crippen LogP contribution is 2.12. The van der Waals surface area contributed by atoms with Crippen molar-refractivity contribution < 1.29 is 9.53 Å². The van der Waals surface area contributed by atoms with E-state index in [0.717, 1.165) is 38.9 Å². The number of methoxy groups -OCH3 is 1. The molecule has 5 heteroatoms. The fourth-order valence-corrected chi connectivity index (χ4v) is 2.07. The molecule has 2 N–H and O–H groups in total. The van der Waals surface area contributed by atoms with Gasteiger partial charge in [-0.3, -0.25) is 9.69 Å². The Kier molecular flexibility index (Phi) is 6.47. The minimum Gasteiger partial charge on any atom is -0.381 e. The summed E-state index contributed by atoms with van der Waals surface area (Å²) in [5, 5.41) is 0. The summed E-state index contributed by atoms with van der Waals surface area (Å²) in [4.78, 5) is 15.9. The first kappa shape index (κ1) is 14.4. The van der Waals surface area contributed by atoms with Crippen molar-refractivity contribution in [2.45, 2.75) is 25.4 Å². The summed E-state index contributed by atoms with van der Waals surface area (Å²) in [7, 11) is 3.60. The van der Waals surface area contributed by atoms with Crippen molar-refractivity contribution in [1.29, 1.82) is 0 Å². The van der Waals surface area contributed by atoms with Gasteiger partial charge in [-0.05, 0) is 25.8 Å². The maximum absolute atomic E-state index is 11.9. The summed E-state index contributed by atoms with van der Waals surface area (Å²) in [6, 6.07) is 0. The molecule has 0 spiro atoms. The number of likely N-dealkylation sites (N-methyl/N-ethyl adjacent to an activating group) is 1. The van der Waals surface area contributed by atoms with Crippen LogP contribution in [0.4, 0.5) is 0 Å². The molecule has 0 bridgehead atoms. The molecule has 1 fully saturated rings. The van der Waals surface area contributed by atoms with Crippen LogP contribution in [-0.2, 0) is 9.53 Å². The standard InChI is InChI=1S/C12H25N3O2/c1-14(7-3-6-13)12(16)10-15-8-4-11(17-2)5-9-15/h11H,3-10,13H2,1-2H3. The number of likely N-dealkylation sites (tertiary alicyclic amines) is 1. The minimum absolute atomic E-state index is 0.189. The van der Waals surface area contributed by atoms with E-state index >= 15 is 0 Å². The van der Waals surface area contributed by atoms with Gasteiger partial charge in [0.1, 0.15) is 0 Å². The second kappa shape index (κ2) is 7.63. The zero-order valence-corrected chi connectivity index (χ0v) is 11.0. The highest BCUT2D eigenvalue weighted by atomic mass is 16.5. The maximum Gasteiger partial charge on any atom is 0.236 e. The monoisotopic (exact) mass is 243 g/mol. The van der Waals surface area contributed by atoms with Crippen molar-refractivity contribution in [2.75, 3.05) is 46.9 Å². The second-order valence-electron chi connectivity index (χ2n) is 4.67. The van der Waals surface area contributed by atoms with Crippen LogP contribution in [0, 0.1) is 0 Å². The molecule has 0 atom stereocenters. The molecule has 5 nitrogen and oxygen atoms in total. The molecule has 1 amide bonds. The van der Waals surface area contributed by atoms with Gasteiger partial charge in [0.15, 0.2) is 0 Å².